The molecule has 0 saturated carbocycles. The van der Waals surface area contributed by atoms with Crippen LogP contribution in [-0.4, -0.2) is 33.5 Å². The summed E-state index contributed by atoms with van der Waals surface area (Å²) in [6.07, 6.45) is 1.79. The van der Waals surface area contributed by atoms with E-state index in [9.17, 15) is 4.79 Å². The molecule has 2 heterocycles. The Kier molecular flexibility index (Phi) is 6.05. The highest BCUT2D eigenvalue weighted by Crippen LogP contribution is 2.36. The second-order valence-corrected chi connectivity index (χ2v) is 8.50. The van der Waals surface area contributed by atoms with Gasteiger partial charge in [0, 0.05) is 28.9 Å². The van der Waals surface area contributed by atoms with Crippen molar-refractivity contribution in [3.05, 3.63) is 79.4 Å². The molecule has 0 saturated heterocycles. The SMILES string of the molecule is C=CCn1c(SCC(=O)Nc2cc3oc4ccccc4c3cc2OC)nnc1-c1ccccc1. The molecule has 0 spiro atoms. The number of hydrogen-bond acceptors (Lipinski definition) is 6. The number of nitrogens with one attached hydrogen (secondary N) is 1. The smallest absolute Gasteiger partial charge is 0.234 e. The highest BCUT2D eigenvalue weighted by Gasteiger charge is 2.17. The molecule has 0 unspecified atom stereocenters. The van der Waals surface area contributed by atoms with Crippen molar-refractivity contribution in [3.8, 4) is 17.1 Å². The van der Waals surface area contributed by atoms with Gasteiger partial charge in [0.2, 0.25) is 5.91 Å². The third-order valence-corrected chi connectivity index (χ3v) is 6.33. The second kappa shape index (κ2) is 9.44. The van der Waals surface area contributed by atoms with Gasteiger partial charge in [0.1, 0.15) is 16.9 Å². The van der Waals surface area contributed by atoms with Gasteiger partial charge >= 0.3 is 0 Å². The molecule has 170 valence electrons. The lowest BCUT2D eigenvalue weighted by atomic mass is 10.1. The summed E-state index contributed by atoms with van der Waals surface area (Å²) in [7, 11) is 1.58. The van der Waals surface area contributed by atoms with Crippen molar-refractivity contribution in [1.82, 2.24) is 14.8 Å². The summed E-state index contributed by atoms with van der Waals surface area (Å²) >= 11 is 1.32. The van der Waals surface area contributed by atoms with Crippen LogP contribution in [0.5, 0.6) is 5.75 Å². The van der Waals surface area contributed by atoms with Gasteiger partial charge in [-0.05, 0) is 12.1 Å². The van der Waals surface area contributed by atoms with Crippen molar-refractivity contribution in [2.45, 2.75) is 11.7 Å². The van der Waals surface area contributed by atoms with Crippen molar-refractivity contribution >= 4 is 45.3 Å². The zero-order valence-electron chi connectivity index (χ0n) is 18.5. The lowest BCUT2D eigenvalue weighted by molar-refractivity contribution is -0.113. The number of anilines is 1. The van der Waals surface area contributed by atoms with E-state index in [0.717, 1.165) is 27.7 Å². The Bertz CT molecular complexity index is 1490. The summed E-state index contributed by atoms with van der Waals surface area (Å²) in [6, 6.07) is 21.3. The number of carbonyl (C=O) groups is 1. The van der Waals surface area contributed by atoms with Crippen LogP contribution in [0.4, 0.5) is 5.69 Å². The molecule has 1 amide bonds. The highest BCUT2D eigenvalue weighted by atomic mass is 32.2. The minimum Gasteiger partial charge on any atom is -0.495 e. The molecule has 0 fully saturated rings. The molecule has 0 atom stereocenters. The Morgan fingerprint density at radius 1 is 1.09 bits per heavy atom. The number of hydrogen-bond donors (Lipinski definition) is 1. The van der Waals surface area contributed by atoms with Gasteiger partial charge in [-0.15, -0.1) is 16.8 Å². The van der Waals surface area contributed by atoms with Crippen molar-refractivity contribution in [2.75, 3.05) is 18.2 Å². The quantitative estimate of drug-likeness (QED) is 0.229. The number of ether oxygens (including phenoxy) is 1. The first-order valence-corrected chi connectivity index (χ1v) is 11.7. The number of thioether (sulfide) groups is 1. The monoisotopic (exact) mass is 470 g/mol. The van der Waals surface area contributed by atoms with E-state index in [4.69, 9.17) is 9.15 Å². The second-order valence-electron chi connectivity index (χ2n) is 7.56. The molecule has 3 aromatic carbocycles. The van der Waals surface area contributed by atoms with Crippen LogP contribution < -0.4 is 10.1 Å². The molecular weight excluding hydrogens is 448 g/mol. The average Bonchev–Trinajstić information content (AvgIpc) is 3.43. The number of amides is 1. The van der Waals surface area contributed by atoms with E-state index >= 15 is 0 Å². The Morgan fingerprint density at radius 3 is 2.68 bits per heavy atom. The first-order valence-electron chi connectivity index (χ1n) is 10.7. The van der Waals surface area contributed by atoms with Crippen LogP contribution >= 0.6 is 11.8 Å². The number of para-hydroxylation sites is 1. The Morgan fingerprint density at radius 2 is 1.88 bits per heavy atom. The number of furan rings is 1. The van der Waals surface area contributed by atoms with E-state index < -0.39 is 0 Å². The molecule has 5 rings (SSSR count). The van der Waals surface area contributed by atoms with Gasteiger partial charge in [-0.3, -0.25) is 9.36 Å². The van der Waals surface area contributed by atoms with E-state index in [2.05, 4.69) is 22.1 Å². The fourth-order valence-electron chi connectivity index (χ4n) is 3.82. The standard InChI is InChI=1S/C26H22N4O3S/c1-3-13-30-25(17-9-5-4-6-10-17)28-29-26(30)34-16-24(31)27-20-15-22-19(14-23(20)32-2)18-11-7-8-12-21(18)33-22/h3-12,14-15H,1,13,16H2,2H3,(H,27,31). The number of aromatic nitrogens is 3. The molecule has 0 bridgehead atoms. The molecular formula is C26H22N4O3S. The van der Waals surface area contributed by atoms with E-state index in [1.165, 1.54) is 11.8 Å². The zero-order valence-corrected chi connectivity index (χ0v) is 19.3. The predicted molar refractivity (Wildman–Crippen MR) is 135 cm³/mol. The third-order valence-electron chi connectivity index (χ3n) is 5.37. The first-order chi connectivity index (χ1) is 16.7. The van der Waals surface area contributed by atoms with Gasteiger partial charge < -0.3 is 14.5 Å². The third kappa shape index (κ3) is 4.15. The Balaban J connectivity index is 1.35. The van der Waals surface area contributed by atoms with Crippen molar-refractivity contribution in [2.24, 2.45) is 0 Å². The molecule has 0 radical (unpaired) electrons. The Hall–Kier alpha value is -4.04. The maximum atomic E-state index is 12.8. The van der Waals surface area contributed by atoms with Crippen LogP contribution in [0, 0.1) is 0 Å². The topological polar surface area (TPSA) is 82.2 Å². The molecule has 5 aromatic rings. The number of methoxy groups -OCH3 is 1. The van der Waals surface area contributed by atoms with Gasteiger partial charge in [0.25, 0.3) is 0 Å². The highest BCUT2D eigenvalue weighted by molar-refractivity contribution is 7.99. The summed E-state index contributed by atoms with van der Waals surface area (Å²) in [5.41, 5.74) is 2.98. The van der Waals surface area contributed by atoms with Crippen molar-refractivity contribution in [3.63, 3.8) is 0 Å². The van der Waals surface area contributed by atoms with Gasteiger partial charge in [-0.1, -0.05) is 66.4 Å². The maximum absolute atomic E-state index is 12.8. The van der Waals surface area contributed by atoms with Gasteiger partial charge in [-0.2, -0.15) is 0 Å². The lowest BCUT2D eigenvalue weighted by Gasteiger charge is -2.11. The molecule has 2 aromatic heterocycles. The summed E-state index contributed by atoms with van der Waals surface area (Å²) in [5.74, 6) is 1.28. The van der Waals surface area contributed by atoms with Crippen molar-refractivity contribution < 1.29 is 13.9 Å². The fourth-order valence-corrected chi connectivity index (χ4v) is 4.57. The van der Waals surface area contributed by atoms with Crippen LogP contribution in [0.15, 0.2) is 89.0 Å². The normalized spacial score (nSPS) is 11.1. The summed E-state index contributed by atoms with van der Waals surface area (Å²) in [6.45, 7) is 4.37. The number of nitrogens with zero attached hydrogens (tertiary/aromatic N) is 3. The van der Waals surface area contributed by atoms with Gasteiger partial charge in [-0.25, -0.2) is 0 Å². The molecule has 7 nitrogen and oxygen atoms in total. The van der Waals surface area contributed by atoms with E-state index in [0.29, 0.717) is 28.7 Å². The molecule has 0 aliphatic carbocycles. The summed E-state index contributed by atoms with van der Waals surface area (Å²) in [4.78, 5) is 12.8. The van der Waals surface area contributed by atoms with Crippen LogP contribution in [-0.2, 0) is 11.3 Å². The van der Waals surface area contributed by atoms with Crippen molar-refractivity contribution in [1.29, 1.82) is 0 Å². The number of allylic oxidation sites excluding steroid dienone is 1. The fraction of sp³-hybridized carbons (Fsp3) is 0.115. The minimum atomic E-state index is -0.187. The zero-order chi connectivity index (χ0) is 23.5. The lowest BCUT2D eigenvalue weighted by Crippen LogP contribution is -2.15. The number of fused-ring (bicyclic) bond motifs is 3. The van der Waals surface area contributed by atoms with Crippen LogP contribution in [0.25, 0.3) is 33.3 Å². The number of benzene rings is 3. The van der Waals surface area contributed by atoms with Crippen LogP contribution in [0.2, 0.25) is 0 Å². The molecule has 1 N–H and O–H groups in total. The summed E-state index contributed by atoms with van der Waals surface area (Å²) in [5, 5.41) is 14.1. The minimum absolute atomic E-state index is 0.158. The van der Waals surface area contributed by atoms with E-state index in [1.807, 2.05) is 65.2 Å². The molecule has 0 aliphatic rings. The van der Waals surface area contributed by atoms with Crippen LogP contribution in [0.1, 0.15) is 0 Å². The molecule has 0 aliphatic heterocycles. The average molecular weight is 471 g/mol. The number of rotatable bonds is 8. The van der Waals surface area contributed by atoms with Gasteiger partial charge in [0.15, 0.2) is 11.0 Å². The molecule has 34 heavy (non-hydrogen) atoms. The largest absolute Gasteiger partial charge is 0.495 e. The van der Waals surface area contributed by atoms with Crippen LogP contribution in [0.3, 0.4) is 0 Å². The predicted octanol–water partition coefficient (Wildman–Crippen LogP) is 5.77. The Labute approximate surface area is 200 Å². The molecule has 8 heteroatoms. The van der Waals surface area contributed by atoms with Gasteiger partial charge in [0.05, 0.1) is 18.6 Å². The van der Waals surface area contributed by atoms with E-state index in [1.54, 1.807) is 19.3 Å². The number of carbonyl (C=O) groups excluding carboxylic acids is 1. The summed E-state index contributed by atoms with van der Waals surface area (Å²) < 4.78 is 13.4. The first kappa shape index (κ1) is 21.8. The maximum Gasteiger partial charge on any atom is 0.234 e. The van der Waals surface area contributed by atoms with E-state index in [-0.39, 0.29) is 11.7 Å².